The van der Waals surface area contributed by atoms with E-state index in [0.717, 1.165) is 5.56 Å². The van der Waals surface area contributed by atoms with E-state index in [-0.39, 0.29) is 0 Å². The van der Waals surface area contributed by atoms with E-state index in [1.807, 2.05) is 37.4 Å². The van der Waals surface area contributed by atoms with Crippen LogP contribution in [0.25, 0.3) is 0 Å². The maximum Gasteiger partial charge on any atom is 0.207 e. The average Bonchev–Trinajstić information content (AvgIpc) is 2.27. The minimum Gasteiger partial charge on any atom is -0.348 e. The molecule has 0 heterocycles. The fourth-order valence-corrected chi connectivity index (χ4v) is 1.49. The van der Waals surface area contributed by atoms with E-state index in [1.54, 1.807) is 14.2 Å². The Kier molecular flexibility index (Phi) is 4.07. The lowest BCUT2D eigenvalue weighted by molar-refractivity contribution is -0.211. The summed E-state index contributed by atoms with van der Waals surface area (Å²) in [6.07, 6.45) is 0. The molecular formula is C11H17NO2. The highest BCUT2D eigenvalue weighted by Crippen LogP contribution is 2.24. The van der Waals surface area contributed by atoms with Gasteiger partial charge in [-0.05, 0) is 7.05 Å². The van der Waals surface area contributed by atoms with Gasteiger partial charge in [0.25, 0.3) is 0 Å². The number of nitrogens with one attached hydrogen (secondary N) is 1. The van der Waals surface area contributed by atoms with Crippen LogP contribution in [0.5, 0.6) is 0 Å². The van der Waals surface area contributed by atoms with Gasteiger partial charge in [0.1, 0.15) is 0 Å². The molecule has 0 aliphatic rings. The topological polar surface area (TPSA) is 30.5 Å². The maximum absolute atomic E-state index is 5.43. The molecule has 3 nitrogen and oxygen atoms in total. The van der Waals surface area contributed by atoms with Crippen LogP contribution in [0.4, 0.5) is 0 Å². The van der Waals surface area contributed by atoms with E-state index >= 15 is 0 Å². The second-order valence-corrected chi connectivity index (χ2v) is 3.06. The molecule has 0 bridgehead atoms. The Morgan fingerprint density at radius 3 is 2.14 bits per heavy atom. The zero-order valence-electron chi connectivity index (χ0n) is 8.91. The number of ether oxygens (including phenoxy) is 2. The first kappa shape index (κ1) is 11.2. The average molecular weight is 195 g/mol. The third-order valence-corrected chi connectivity index (χ3v) is 2.28. The summed E-state index contributed by atoms with van der Waals surface area (Å²) in [6.45, 7) is 0.615. The van der Waals surface area contributed by atoms with E-state index in [2.05, 4.69) is 5.32 Å². The molecule has 0 saturated carbocycles. The second kappa shape index (κ2) is 5.10. The van der Waals surface area contributed by atoms with Crippen molar-refractivity contribution in [3.63, 3.8) is 0 Å². The zero-order chi connectivity index (χ0) is 10.4. The highest BCUT2D eigenvalue weighted by Gasteiger charge is 2.30. The number of benzene rings is 1. The molecule has 0 radical (unpaired) electrons. The van der Waals surface area contributed by atoms with Crippen molar-refractivity contribution < 1.29 is 9.47 Å². The summed E-state index contributed by atoms with van der Waals surface area (Å²) >= 11 is 0. The molecule has 3 heteroatoms. The molecule has 0 aliphatic carbocycles. The Balaban J connectivity index is 2.98. The van der Waals surface area contributed by atoms with Gasteiger partial charge in [-0.1, -0.05) is 30.3 Å². The van der Waals surface area contributed by atoms with E-state index in [4.69, 9.17) is 9.47 Å². The van der Waals surface area contributed by atoms with Gasteiger partial charge in [0.15, 0.2) is 0 Å². The summed E-state index contributed by atoms with van der Waals surface area (Å²) in [5.74, 6) is -0.685. The van der Waals surface area contributed by atoms with Crippen LogP contribution in [0.3, 0.4) is 0 Å². The van der Waals surface area contributed by atoms with Gasteiger partial charge in [0.2, 0.25) is 5.79 Å². The van der Waals surface area contributed by atoms with E-state index < -0.39 is 5.79 Å². The van der Waals surface area contributed by atoms with Crippen LogP contribution in [-0.2, 0) is 15.3 Å². The number of methoxy groups -OCH3 is 2. The van der Waals surface area contributed by atoms with Crippen LogP contribution in [0.2, 0.25) is 0 Å². The van der Waals surface area contributed by atoms with Gasteiger partial charge < -0.3 is 14.8 Å². The Bertz CT molecular complexity index is 257. The first-order valence-corrected chi connectivity index (χ1v) is 4.59. The first-order valence-electron chi connectivity index (χ1n) is 4.59. The molecule has 1 rings (SSSR count). The van der Waals surface area contributed by atoms with Crippen LogP contribution in [0.15, 0.2) is 30.3 Å². The zero-order valence-corrected chi connectivity index (χ0v) is 8.91. The fourth-order valence-electron chi connectivity index (χ4n) is 1.49. The summed E-state index contributed by atoms with van der Waals surface area (Å²) in [5, 5.41) is 3.06. The molecule has 0 atom stereocenters. The molecule has 0 aromatic heterocycles. The van der Waals surface area contributed by atoms with E-state index in [9.17, 15) is 0 Å². The molecule has 0 unspecified atom stereocenters. The molecule has 1 aromatic carbocycles. The fraction of sp³-hybridized carbons (Fsp3) is 0.455. The number of hydrogen-bond acceptors (Lipinski definition) is 3. The Morgan fingerprint density at radius 2 is 1.71 bits per heavy atom. The number of likely N-dealkylation sites (N-methyl/N-ethyl adjacent to an activating group) is 1. The molecule has 78 valence electrons. The van der Waals surface area contributed by atoms with E-state index in [0.29, 0.717) is 6.54 Å². The minimum atomic E-state index is -0.685. The van der Waals surface area contributed by atoms with Crippen molar-refractivity contribution in [2.75, 3.05) is 27.8 Å². The van der Waals surface area contributed by atoms with Crippen molar-refractivity contribution in [3.05, 3.63) is 35.9 Å². The Hall–Kier alpha value is -0.900. The minimum absolute atomic E-state index is 0.615. The largest absolute Gasteiger partial charge is 0.348 e. The lowest BCUT2D eigenvalue weighted by Gasteiger charge is -2.31. The van der Waals surface area contributed by atoms with E-state index in [1.165, 1.54) is 0 Å². The molecule has 0 fully saturated rings. The lowest BCUT2D eigenvalue weighted by Crippen LogP contribution is -2.40. The third kappa shape index (κ3) is 2.12. The quantitative estimate of drug-likeness (QED) is 0.719. The monoisotopic (exact) mass is 195 g/mol. The van der Waals surface area contributed by atoms with Crippen molar-refractivity contribution >= 4 is 0 Å². The Morgan fingerprint density at radius 1 is 1.14 bits per heavy atom. The van der Waals surface area contributed by atoms with Gasteiger partial charge in [-0.25, -0.2) is 0 Å². The van der Waals surface area contributed by atoms with Gasteiger partial charge in [-0.3, -0.25) is 0 Å². The summed E-state index contributed by atoms with van der Waals surface area (Å²) < 4.78 is 10.9. The first-order chi connectivity index (χ1) is 6.79. The van der Waals surface area contributed by atoms with Gasteiger partial charge in [0.05, 0.1) is 6.54 Å². The highest BCUT2D eigenvalue weighted by molar-refractivity contribution is 5.20. The molecular weight excluding hydrogens is 178 g/mol. The molecule has 14 heavy (non-hydrogen) atoms. The summed E-state index contributed by atoms with van der Waals surface area (Å²) in [7, 11) is 5.16. The predicted molar refractivity (Wildman–Crippen MR) is 56.1 cm³/mol. The maximum atomic E-state index is 5.43. The van der Waals surface area contributed by atoms with Crippen molar-refractivity contribution in [3.8, 4) is 0 Å². The van der Waals surface area contributed by atoms with Crippen LogP contribution >= 0.6 is 0 Å². The van der Waals surface area contributed by atoms with Crippen LogP contribution in [0.1, 0.15) is 5.56 Å². The molecule has 0 saturated heterocycles. The molecule has 1 aromatic rings. The third-order valence-electron chi connectivity index (χ3n) is 2.28. The SMILES string of the molecule is CNCC(OC)(OC)c1ccccc1. The second-order valence-electron chi connectivity index (χ2n) is 3.06. The predicted octanol–water partition coefficient (Wildman–Crippen LogP) is 1.35. The molecule has 0 aliphatic heterocycles. The van der Waals surface area contributed by atoms with Gasteiger partial charge in [-0.15, -0.1) is 0 Å². The van der Waals surface area contributed by atoms with Gasteiger partial charge in [-0.2, -0.15) is 0 Å². The standard InChI is InChI=1S/C11H17NO2/c1-12-9-11(13-2,14-3)10-7-5-4-6-8-10/h4-8,12H,9H2,1-3H3. The van der Waals surface area contributed by atoms with Crippen molar-refractivity contribution in [2.24, 2.45) is 0 Å². The van der Waals surface area contributed by atoms with Gasteiger partial charge in [0, 0.05) is 19.8 Å². The summed E-state index contributed by atoms with van der Waals surface area (Å²) in [5.41, 5.74) is 1.01. The summed E-state index contributed by atoms with van der Waals surface area (Å²) in [4.78, 5) is 0. The normalized spacial score (nSPS) is 11.6. The van der Waals surface area contributed by atoms with Crippen LogP contribution in [0, 0.1) is 0 Å². The van der Waals surface area contributed by atoms with Crippen molar-refractivity contribution in [1.29, 1.82) is 0 Å². The summed E-state index contributed by atoms with van der Waals surface area (Å²) in [6, 6.07) is 9.89. The molecule has 0 amide bonds. The highest BCUT2D eigenvalue weighted by atomic mass is 16.7. The van der Waals surface area contributed by atoms with Crippen LogP contribution < -0.4 is 5.32 Å². The number of hydrogen-bond donors (Lipinski definition) is 1. The molecule has 1 N–H and O–H groups in total. The van der Waals surface area contributed by atoms with Crippen molar-refractivity contribution in [1.82, 2.24) is 5.32 Å². The van der Waals surface area contributed by atoms with Gasteiger partial charge >= 0.3 is 0 Å². The smallest absolute Gasteiger partial charge is 0.207 e. The number of rotatable bonds is 5. The Labute approximate surface area is 85.0 Å². The molecule has 0 spiro atoms. The van der Waals surface area contributed by atoms with Crippen molar-refractivity contribution in [2.45, 2.75) is 5.79 Å². The van der Waals surface area contributed by atoms with Crippen LogP contribution in [-0.4, -0.2) is 27.8 Å². The lowest BCUT2D eigenvalue weighted by atomic mass is 10.1.